The van der Waals surface area contributed by atoms with Crippen LogP contribution >= 0.6 is 0 Å². The SMILES string of the molecule is O=C(Cc1ccccc1[N+](=O)[O-])Nc1ccc(NC(=O)Cc2ccccc2[N+](=O)[O-])cc1. The summed E-state index contributed by atoms with van der Waals surface area (Å²) in [5.41, 5.74) is 1.25. The van der Waals surface area contributed by atoms with Crippen molar-refractivity contribution in [1.29, 1.82) is 0 Å². The standard InChI is InChI=1S/C22H18N4O6/c27-21(13-15-5-1-3-7-19(15)25(29)30)23-17-9-11-18(12-10-17)24-22(28)14-16-6-2-4-8-20(16)26(31)32/h1-12H,13-14H2,(H,23,27)(H,24,28). The lowest BCUT2D eigenvalue weighted by molar-refractivity contribution is -0.385. The molecule has 10 heteroatoms. The van der Waals surface area contributed by atoms with Crippen molar-refractivity contribution >= 4 is 34.6 Å². The average Bonchev–Trinajstić information content (AvgIpc) is 2.75. The number of anilines is 2. The molecule has 3 aromatic carbocycles. The maximum absolute atomic E-state index is 12.3. The lowest BCUT2D eigenvalue weighted by Gasteiger charge is -2.09. The number of hydrogen-bond acceptors (Lipinski definition) is 6. The van der Waals surface area contributed by atoms with Gasteiger partial charge in [-0.05, 0) is 24.3 Å². The summed E-state index contributed by atoms with van der Waals surface area (Å²) >= 11 is 0. The van der Waals surface area contributed by atoms with Crippen molar-refractivity contribution in [3.05, 3.63) is 104 Å². The van der Waals surface area contributed by atoms with Gasteiger partial charge in [-0.15, -0.1) is 0 Å². The van der Waals surface area contributed by atoms with Crippen molar-refractivity contribution < 1.29 is 19.4 Å². The molecule has 0 aliphatic heterocycles. The van der Waals surface area contributed by atoms with Crippen molar-refractivity contribution in [3.63, 3.8) is 0 Å². The summed E-state index contributed by atoms with van der Waals surface area (Å²) in [5, 5.41) is 27.4. The molecule has 3 aromatic rings. The highest BCUT2D eigenvalue weighted by atomic mass is 16.6. The van der Waals surface area contributed by atoms with Crippen molar-refractivity contribution in [3.8, 4) is 0 Å². The fourth-order valence-electron chi connectivity index (χ4n) is 3.07. The molecule has 10 nitrogen and oxygen atoms in total. The molecule has 162 valence electrons. The van der Waals surface area contributed by atoms with Crippen LogP contribution in [0.5, 0.6) is 0 Å². The Bertz CT molecular complexity index is 1080. The van der Waals surface area contributed by atoms with Gasteiger partial charge in [-0.3, -0.25) is 29.8 Å². The molecule has 0 fully saturated rings. The number of benzene rings is 3. The molecule has 0 aromatic heterocycles. The highest BCUT2D eigenvalue weighted by molar-refractivity contribution is 5.95. The van der Waals surface area contributed by atoms with Gasteiger partial charge in [-0.1, -0.05) is 36.4 Å². The smallest absolute Gasteiger partial charge is 0.273 e. The van der Waals surface area contributed by atoms with E-state index in [0.717, 1.165) is 0 Å². The molecule has 0 saturated heterocycles. The van der Waals surface area contributed by atoms with Crippen molar-refractivity contribution in [2.45, 2.75) is 12.8 Å². The highest BCUT2D eigenvalue weighted by Crippen LogP contribution is 2.21. The lowest BCUT2D eigenvalue weighted by atomic mass is 10.1. The summed E-state index contributed by atoms with van der Waals surface area (Å²) in [5.74, 6) is -0.847. The summed E-state index contributed by atoms with van der Waals surface area (Å²) in [7, 11) is 0. The van der Waals surface area contributed by atoms with E-state index >= 15 is 0 Å². The summed E-state index contributed by atoms with van der Waals surface area (Å²) < 4.78 is 0. The van der Waals surface area contributed by atoms with Gasteiger partial charge in [0.25, 0.3) is 11.4 Å². The van der Waals surface area contributed by atoms with E-state index in [9.17, 15) is 29.8 Å². The average molecular weight is 434 g/mol. The molecular weight excluding hydrogens is 416 g/mol. The van der Waals surface area contributed by atoms with Crippen LogP contribution in [0.15, 0.2) is 72.8 Å². The van der Waals surface area contributed by atoms with E-state index in [1.165, 1.54) is 36.4 Å². The minimum absolute atomic E-state index is 0.126. The van der Waals surface area contributed by atoms with Gasteiger partial charge < -0.3 is 10.6 Å². The quantitative estimate of drug-likeness (QED) is 0.407. The van der Waals surface area contributed by atoms with E-state index in [0.29, 0.717) is 22.5 Å². The summed E-state index contributed by atoms with van der Waals surface area (Å²) in [6, 6.07) is 18.3. The second kappa shape index (κ2) is 9.94. The van der Waals surface area contributed by atoms with Gasteiger partial charge in [-0.25, -0.2) is 0 Å². The Labute approximate surface area is 182 Å². The first-order valence-electron chi connectivity index (χ1n) is 9.48. The molecule has 0 unspecified atom stereocenters. The molecule has 3 rings (SSSR count). The second-order valence-electron chi connectivity index (χ2n) is 6.80. The zero-order valence-corrected chi connectivity index (χ0v) is 16.7. The number of carbonyl (C=O) groups is 2. The molecule has 2 amide bonds. The fourth-order valence-corrected chi connectivity index (χ4v) is 3.07. The van der Waals surface area contributed by atoms with Crippen LogP contribution in [-0.4, -0.2) is 21.7 Å². The second-order valence-corrected chi connectivity index (χ2v) is 6.80. The van der Waals surface area contributed by atoms with Crippen LogP contribution in [-0.2, 0) is 22.4 Å². The fraction of sp³-hybridized carbons (Fsp3) is 0.0909. The Morgan fingerprint density at radius 2 is 0.969 bits per heavy atom. The molecule has 0 heterocycles. The molecule has 2 N–H and O–H groups in total. The van der Waals surface area contributed by atoms with E-state index in [4.69, 9.17) is 0 Å². The summed E-state index contributed by atoms with van der Waals surface area (Å²) in [6.07, 6.45) is -0.322. The topological polar surface area (TPSA) is 144 Å². The molecule has 0 saturated carbocycles. The number of hydrogen-bond donors (Lipinski definition) is 2. The molecule has 0 spiro atoms. The highest BCUT2D eigenvalue weighted by Gasteiger charge is 2.17. The third-order valence-corrected chi connectivity index (χ3v) is 4.53. The maximum Gasteiger partial charge on any atom is 0.273 e. The molecule has 0 aliphatic carbocycles. The van der Waals surface area contributed by atoms with Crippen LogP contribution in [0.4, 0.5) is 22.7 Å². The molecule has 0 atom stereocenters. The van der Waals surface area contributed by atoms with Gasteiger partial charge in [0.1, 0.15) is 0 Å². The number of amides is 2. The van der Waals surface area contributed by atoms with Crippen molar-refractivity contribution in [2.75, 3.05) is 10.6 Å². The first-order chi connectivity index (χ1) is 15.3. The summed E-state index contributed by atoms with van der Waals surface area (Å²) in [4.78, 5) is 45.5. The minimum Gasteiger partial charge on any atom is -0.326 e. The van der Waals surface area contributed by atoms with Crippen molar-refractivity contribution in [2.24, 2.45) is 0 Å². The molecule has 0 radical (unpaired) electrons. The number of nitrogens with zero attached hydrogens (tertiary/aromatic N) is 2. The Kier molecular flexibility index (Phi) is 6.86. The van der Waals surface area contributed by atoms with Gasteiger partial charge >= 0.3 is 0 Å². The monoisotopic (exact) mass is 434 g/mol. The van der Waals surface area contributed by atoms with Crippen LogP contribution in [0.25, 0.3) is 0 Å². The van der Waals surface area contributed by atoms with Crippen LogP contribution < -0.4 is 10.6 Å². The lowest BCUT2D eigenvalue weighted by Crippen LogP contribution is -2.16. The molecule has 0 bridgehead atoms. The van der Waals surface area contributed by atoms with Crippen LogP contribution in [0.3, 0.4) is 0 Å². The van der Waals surface area contributed by atoms with E-state index in [1.807, 2.05) is 0 Å². The number of nitro benzene ring substituents is 2. The number of nitro groups is 2. The van der Waals surface area contributed by atoms with Crippen LogP contribution in [0.1, 0.15) is 11.1 Å². The normalized spacial score (nSPS) is 10.2. The Balaban J connectivity index is 1.58. The maximum atomic E-state index is 12.3. The Morgan fingerprint density at radius 3 is 1.31 bits per heavy atom. The van der Waals surface area contributed by atoms with Gasteiger partial charge in [-0.2, -0.15) is 0 Å². The number of para-hydroxylation sites is 2. The molecular formula is C22H18N4O6. The Hall–Kier alpha value is -4.60. The van der Waals surface area contributed by atoms with E-state index < -0.39 is 21.7 Å². The Morgan fingerprint density at radius 1 is 0.625 bits per heavy atom. The third kappa shape index (κ3) is 5.72. The van der Waals surface area contributed by atoms with E-state index in [2.05, 4.69) is 10.6 Å². The predicted octanol–water partition coefficient (Wildman–Crippen LogP) is 3.87. The first-order valence-corrected chi connectivity index (χ1v) is 9.48. The number of carbonyl (C=O) groups excluding carboxylic acids is 2. The zero-order valence-electron chi connectivity index (χ0n) is 16.7. The third-order valence-electron chi connectivity index (χ3n) is 4.53. The van der Waals surface area contributed by atoms with Gasteiger partial charge in [0.15, 0.2) is 0 Å². The van der Waals surface area contributed by atoms with Crippen LogP contribution in [0, 0.1) is 20.2 Å². The van der Waals surface area contributed by atoms with Gasteiger partial charge in [0.2, 0.25) is 11.8 Å². The van der Waals surface area contributed by atoms with Gasteiger partial charge in [0.05, 0.1) is 22.7 Å². The van der Waals surface area contributed by atoms with Crippen LogP contribution in [0.2, 0.25) is 0 Å². The first kappa shape index (κ1) is 22.1. The molecule has 32 heavy (non-hydrogen) atoms. The van der Waals surface area contributed by atoms with Crippen molar-refractivity contribution in [1.82, 2.24) is 0 Å². The molecule has 0 aliphatic rings. The summed E-state index contributed by atoms with van der Waals surface area (Å²) in [6.45, 7) is 0. The van der Waals surface area contributed by atoms with Gasteiger partial charge in [0, 0.05) is 34.6 Å². The predicted molar refractivity (Wildman–Crippen MR) is 117 cm³/mol. The largest absolute Gasteiger partial charge is 0.326 e. The zero-order chi connectivity index (χ0) is 23.1. The van der Waals surface area contributed by atoms with E-state index in [1.54, 1.807) is 36.4 Å². The number of nitrogens with one attached hydrogen (secondary N) is 2. The minimum atomic E-state index is -0.538. The number of rotatable bonds is 8. The van der Waals surface area contributed by atoms with E-state index in [-0.39, 0.29) is 24.2 Å².